The van der Waals surface area contributed by atoms with Crippen LogP contribution in [0.2, 0.25) is 0 Å². The summed E-state index contributed by atoms with van der Waals surface area (Å²) in [5.41, 5.74) is -17.2. The summed E-state index contributed by atoms with van der Waals surface area (Å²) in [4.78, 5) is 24.7. The van der Waals surface area contributed by atoms with Crippen LogP contribution in [0.1, 0.15) is 77.3 Å². The number of benzene rings is 3. The number of esters is 2. The van der Waals surface area contributed by atoms with Crippen molar-refractivity contribution in [1.82, 2.24) is 0 Å². The fraction of sp³-hybridized carbons (Fsp3) is 0.526. The lowest BCUT2D eigenvalue weighted by Crippen LogP contribution is -2.60. The molecule has 6 nitrogen and oxygen atoms in total. The molecule has 18 heteroatoms. The van der Waals surface area contributed by atoms with E-state index in [9.17, 15) is 72.5 Å². The van der Waals surface area contributed by atoms with Gasteiger partial charge in [-0.25, -0.2) is 0 Å². The van der Waals surface area contributed by atoms with E-state index >= 15 is 0 Å². The van der Waals surface area contributed by atoms with Crippen molar-refractivity contribution in [2.75, 3.05) is 0 Å². The fourth-order valence-electron chi connectivity index (χ4n) is 7.10. The van der Waals surface area contributed by atoms with E-state index in [1.54, 1.807) is 38.1 Å². The third-order valence-electron chi connectivity index (χ3n) is 11.0. The Morgan fingerprint density at radius 2 is 0.893 bits per heavy atom. The molecule has 2 aliphatic rings. The van der Waals surface area contributed by atoms with Crippen molar-refractivity contribution in [3.8, 4) is 0 Å². The number of cyclic esters (lactones) is 2. The molecule has 56 heavy (non-hydrogen) atoms. The molecule has 0 amide bonds. The first-order valence-electron chi connectivity index (χ1n) is 17.1. The van der Waals surface area contributed by atoms with Gasteiger partial charge in [-0.15, -0.1) is 0 Å². The van der Waals surface area contributed by atoms with Gasteiger partial charge < -0.3 is 19.7 Å². The van der Waals surface area contributed by atoms with Crippen LogP contribution in [-0.2, 0) is 30.3 Å². The zero-order valence-corrected chi connectivity index (χ0v) is 30.2. The number of ether oxygens (including phenoxy) is 2. The molecule has 2 saturated heterocycles. The van der Waals surface area contributed by atoms with Crippen LogP contribution in [0.4, 0.5) is 52.7 Å². The van der Waals surface area contributed by atoms with E-state index < -0.39 is 95.6 Å². The van der Waals surface area contributed by atoms with Gasteiger partial charge in [0.05, 0.1) is 10.8 Å². The molecule has 0 aromatic heterocycles. The van der Waals surface area contributed by atoms with Gasteiger partial charge in [-0.05, 0) is 54.7 Å². The molecule has 0 aliphatic carbocycles. The van der Waals surface area contributed by atoms with Gasteiger partial charge >= 0.3 is 36.6 Å². The third kappa shape index (κ3) is 7.79. The summed E-state index contributed by atoms with van der Waals surface area (Å²) in [6, 6.07) is 17.9. The number of alkyl halides is 12. The molecule has 3 aromatic rings. The van der Waals surface area contributed by atoms with Crippen LogP contribution < -0.4 is 0 Å². The van der Waals surface area contributed by atoms with Crippen LogP contribution in [0.25, 0.3) is 10.8 Å². The predicted octanol–water partition coefficient (Wildman–Crippen LogP) is 10.1. The van der Waals surface area contributed by atoms with Crippen LogP contribution in [-0.4, -0.2) is 58.1 Å². The first kappa shape index (κ1) is 44.7. The Labute approximate surface area is 312 Å². The highest BCUT2D eigenvalue weighted by Crippen LogP contribution is 2.58. The third-order valence-corrected chi connectivity index (χ3v) is 11.0. The molecule has 310 valence electrons. The highest BCUT2D eigenvalue weighted by atomic mass is 19.4. The zero-order valence-electron chi connectivity index (χ0n) is 30.2. The predicted molar refractivity (Wildman–Crippen MR) is 175 cm³/mol. The normalized spacial score (nSPS) is 26.5. The standard InChI is InChI=1S/C21H20F6O3.C17H18F6O3/c1-3-17(2)11-18(30-16(17)28,12-19(29,20(22,23)24)21(25,26)27)15-9-8-13-6-4-5-7-14(13)10-15;1-3-13(2)9-14(26-12(13)24,11-7-5-4-6-8-11)10-15(25,16(18,19)20)17(21,22)23/h4-10,29H,3,11-12H2,1-2H3;4-8,25H,3,9-10H2,1-2H3. The summed E-state index contributed by atoms with van der Waals surface area (Å²) in [6.45, 7) is 6.03. The molecule has 0 radical (unpaired) electrons. The average Bonchev–Trinajstić information content (AvgIpc) is 3.51. The van der Waals surface area contributed by atoms with Crippen LogP contribution in [0.5, 0.6) is 0 Å². The molecule has 4 atom stereocenters. The minimum absolute atomic E-state index is 0.0290. The molecule has 3 aromatic carbocycles. The highest BCUT2D eigenvalue weighted by Gasteiger charge is 2.75. The lowest BCUT2D eigenvalue weighted by Gasteiger charge is -2.39. The van der Waals surface area contributed by atoms with Gasteiger partial charge in [0, 0.05) is 25.7 Å². The summed E-state index contributed by atoms with van der Waals surface area (Å²) in [7, 11) is 0. The molecule has 2 fully saturated rings. The van der Waals surface area contributed by atoms with Gasteiger partial charge in [-0.2, -0.15) is 52.7 Å². The van der Waals surface area contributed by atoms with Gasteiger partial charge in [-0.3, -0.25) is 9.59 Å². The van der Waals surface area contributed by atoms with Gasteiger partial charge in [-0.1, -0.05) is 80.6 Å². The number of carbonyl (C=O) groups is 2. The number of aliphatic hydroxyl groups is 2. The first-order chi connectivity index (χ1) is 25.4. The number of fused-ring (bicyclic) bond motifs is 1. The Morgan fingerprint density at radius 1 is 0.536 bits per heavy atom. The maximum Gasteiger partial charge on any atom is 0.426 e. The van der Waals surface area contributed by atoms with Crippen LogP contribution in [0, 0.1) is 10.8 Å². The van der Waals surface area contributed by atoms with E-state index in [1.165, 1.54) is 62.4 Å². The van der Waals surface area contributed by atoms with Crippen LogP contribution in [0.15, 0.2) is 72.8 Å². The van der Waals surface area contributed by atoms with Crippen molar-refractivity contribution >= 4 is 22.7 Å². The zero-order chi connectivity index (χ0) is 42.6. The molecule has 5 rings (SSSR count). The molecule has 0 saturated carbocycles. The lowest BCUT2D eigenvalue weighted by atomic mass is 9.72. The van der Waals surface area contributed by atoms with E-state index in [4.69, 9.17) is 9.47 Å². The Bertz CT molecular complexity index is 1880. The van der Waals surface area contributed by atoms with Gasteiger partial charge in [0.25, 0.3) is 11.2 Å². The summed E-state index contributed by atoms with van der Waals surface area (Å²) < 4.78 is 170. The molecular formula is C38H38F12O6. The monoisotopic (exact) mass is 818 g/mol. The van der Waals surface area contributed by atoms with Crippen molar-refractivity contribution < 1.29 is 82.0 Å². The maximum atomic E-state index is 13.5. The molecule has 2 heterocycles. The van der Waals surface area contributed by atoms with Crippen molar-refractivity contribution in [1.29, 1.82) is 0 Å². The number of halogens is 12. The smallest absolute Gasteiger partial charge is 0.426 e. The van der Waals surface area contributed by atoms with E-state index in [0.717, 1.165) is 0 Å². The van der Waals surface area contributed by atoms with Crippen molar-refractivity contribution in [3.63, 3.8) is 0 Å². The summed E-state index contributed by atoms with van der Waals surface area (Å²) in [5.74, 6) is -1.79. The molecule has 0 spiro atoms. The van der Waals surface area contributed by atoms with Crippen LogP contribution >= 0.6 is 0 Å². The number of hydrogen-bond acceptors (Lipinski definition) is 6. The van der Waals surface area contributed by atoms with E-state index in [2.05, 4.69) is 0 Å². The maximum absolute atomic E-state index is 13.5. The second kappa shape index (κ2) is 14.4. The SMILES string of the molecule is CCC1(C)CC(CC(O)(C(F)(F)F)C(F)(F)F)(c2ccc3ccccc3c2)OC1=O.CCC1(C)CC(CC(O)(C(F)(F)F)C(F)(F)F)(c2ccccc2)OC1=O. The van der Waals surface area contributed by atoms with Gasteiger partial charge in [0.15, 0.2) is 0 Å². The quantitative estimate of drug-likeness (QED) is 0.174. The van der Waals surface area contributed by atoms with E-state index in [-0.39, 0.29) is 24.0 Å². The minimum atomic E-state index is -6.02. The van der Waals surface area contributed by atoms with Crippen molar-refractivity contribution in [3.05, 3.63) is 83.9 Å². The Kier molecular flexibility index (Phi) is 11.5. The molecule has 2 N–H and O–H groups in total. The Balaban J connectivity index is 0.000000251. The second-order valence-corrected chi connectivity index (χ2v) is 14.9. The van der Waals surface area contributed by atoms with Crippen molar-refractivity contribution in [2.45, 2.75) is 113 Å². The minimum Gasteiger partial charge on any atom is -0.454 e. The average molecular weight is 819 g/mol. The number of rotatable bonds is 8. The van der Waals surface area contributed by atoms with Crippen molar-refractivity contribution in [2.24, 2.45) is 10.8 Å². The highest BCUT2D eigenvalue weighted by molar-refractivity contribution is 5.84. The molecular weight excluding hydrogens is 780 g/mol. The Morgan fingerprint density at radius 3 is 1.25 bits per heavy atom. The van der Waals surface area contributed by atoms with Gasteiger partial charge in [0.1, 0.15) is 11.2 Å². The van der Waals surface area contributed by atoms with E-state index in [1.807, 2.05) is 0 Å². The first-order valence-corrected chi connectivity index (χ1v) is 17.1. The molecule has 2 aliphatic heterocycles. The lowest BCUT2D eigenvalue weighted by molar-refractivity contribution is -0.379. The number of hydrogen-bond donors (Lipinski definition) is 2. The summed E-state index contributed by atoms with van der Waals surface area (Å²) in [6.07, 6.45) is -28.3. The van der Waals surface area contributed by atoms with E-state index in [0.29, 0.717) is 10.8 Å². The summed E-state index contributed by atoms with van der Waals surface area (Å²) >= 11 is 0. The van der Waals surface area contributed by atoms with Gasteiger partial charge in [0.2, 0.25) is 0 Å². The Hall–Kier alpha value is -4.06. The topological polar surface area (TPSA) is 93.1 Å². The molecule has 4 unspecified atom stereocenters. The fourth-order valence-corrected chi connectivity index (χ4v) is 7.10. The number of carbonyl (C=O) groups excluding carboxylic acids is 2. The second-order valence-electron chi connectivity index (χ2n) is 14.9. The molecule has 0 bridgehead atoms. The van der Waals surface area contributed by atoms with Crippen LogP contribution in [0.3, 0.4) is 0 Å². The summed E-state index contributed by atoms with van der Waals surface area (Å²) in [5, 5.41) is 20.8. The largest absolute Gasteiger partial charge is 0.454 e.